The predicted molar refractivity (Wildman–Crippen MR) is 69.5 cm³/mol. The first-order valence-corrected chi connectivity index (χ1v) is 6.90. The van der Waals surface area contributed by atoms with Crippen molar-refractivity contribution in [3.05, 3.63) is 12.2 Å². The SMILES string of the molecule is CC1CCCC(CN)N1C(=O)CC1C=CCC1. The Bertz CT molecular complexity index is 301. The maximum atomic E-state index is 12.4. The molecule has 0 spiro atoms. The zero-order valence-corrected chi connectivity index (χ0v) is 10.8. The van der Waals surface area contributed by atoms with Gasteiger partial charge in [-0.15, -0.1) is 0 Å². The number of nitrogens with zero attached hydrogens (tertiary/aromatic N) is 1. The first kappa shape index (κ1) is 12.6. The second kappa shape index (κ2) is 5.67. The molecule has 2 N–H and O–H groups in total. The van der Waals surface area contributed by atoms with Crippen molar-refractivity contribution in [3.63, 3.8) is 0 Å². The summed E-state index contributed by atoms with van der Waals surface area (Å²) >= 11 is 0. The van der Waals surface area contributed by atoms with Gasteiger partial charge in [-0.2, -0.15) is 0 Å². The van der Waals surface area contributed by atoms with Gasteiger partial charge in [0.05, 0.1) is 0 Å². The minimum absolute atomic E-state index is 0.275. The summed E-state index contributed by atoms with van der Waals surface area (Å²) in [6.07, 6.45) is 10.8. The van der Waals surface area contributed by atoms with E-state index >= 15 is 0 Å². The van der Waals surface area contributed by atoms with Crippen molar-refractivity contribution in [2.24, 2.45) is 11.7 Å². The quantitative estimate of drug-likeness (QED) is 0.763. The predicted octanol–water partition coefficient (Wildman–Crippen LogP) is 2.07. The van der Waals surface area contributed by atoms with Crippen LogP contribution in [-0.4, -0.2) is 29.4 Å². The summed E-state index contributed by atoms with van der Waals surface area (Å²) in [5.74, 6) is 0.777. The molecule has 1 aliphatic carbocycles. The number of nitrogens with two attached hydrogens (primary N) is 1. The van der Waals surface area contributed by atoms with Gasteiger partial charge < -0.3 is 10.6 Å². The van der Waals surface area contributed by atoms with Crippen LogP contribution in [0.1, 0.15) is 45.4 Å². The second-order valence-electron chi connectivity index (χ2n) is 5.44. The number of piperidine rings is 1. The number of carbonyl (C=O) groups is 1. The highest BCUT2D eigenvalue weighted by molar-refractivity contribution is 5.77. The van der Waals surface area contributed by atoms with Gasteiger partial charge in [0, 0.05) is 25.0 Å². The molecule has 3 heteroatoms. The van der Waals surface area contributed by atoms with E-state index in [4.69, 9.17) is 5.73 Å². The number of likely N-dealkylation sites (tertiary alicyclic amines) is 1. The van der Waals surface area contributed by atoms with Crippen molar-refractivity contribution in [1.29, 1.82) is 0 Å². The molecule has 1 heterocycles. The highest BCUT2D eigenvalue weighted by Crippen LogP contribution is 2.27. The minimum atomic E-state index is 0.275. The van der Waals surface area contributed by atoms with E-state index in [9.17, 15) is 4.79 Å². The molecule has 1 saturated heterocycles. The van der Waals surface area contributed by atoms with Gasteiger partial charge in [0.15, 0.2) is 0 Å². The van der Waals surface area contributed by atoms with Crippen LogP contribution in [0.2, 0.25) is 0 Å². The average molecular weight is 236 g/mol. The zero-order valence-electron chi connectivity index (χ0n) is 10.8. The Morgan fingerprint density at radius 1 is 1.41 bits per heavy atom. The molecule has 0 aromatic heterocycles. The number of amides is 1. The summed E-state index contributed by atoms with van der Waals surface area (Å²) in [5, 5.41) is 0. The fourth-order valence-corrected chi connectivity index (χ4v) is 3.16. The summed E-state index contributed by atoms with van der Waals surface area (Å²) < 4.78 is 0. The van der Waals surface area contributed by atoms with Gasteiger partial charge in [-0.05, 0) is 44.9 Å². The van der Waals surface area contributed by atoms with Gasteiger partial charge in [-0.1, -0.05) is 12.2 Å². The lowest BCUT2D eigenvalue weighted by atomic mass is 9.94. The molecule has 1 fully saturated rings. The Morgan fingerprint density at radius 2 is 2.24 bits per heavy atom. The highest BCUT2D eigenvalue weighted by atomic mass is 16.2. The molecule has 1 amide bonds. The summed E-state index contributed by atoms with van der Waals surface area (Å²) in [7, 11) is 0. The lowest BCUT2D eigenvalue weighted by molar-refractivity contribution is -0.138. The van der Waals surface area contributed by atoms with E-state index in [1.165, 1.54) is 6.42 Å². The summed E-state index contributed by atoms with van der Waals surface area (Å²) in [6.45, 7) is 2.76. The smallest absolute Gasteiger partial charge is 0.223 e. The third-order valence-corrected chi connectivity index (χ3v) is 4.14. The van der Waals surface area contributed by atoms with Gasteiger partial charge in [-0.3, -0.25) is 4.79 Å². The Balaban J connectivity index is 1.96. The molecule has 1 aliphatic heterocycles. The van der Waals surface area contributed by atoms with Crippen molar-refractivity contribution in [2.45, 2.75) is 57.5 Å². The molecule has 17 heavy (non-hydrogen) atoms. The van der Waals surface area contributed by atoms with Gasteiger partial charge in [0.2, 0.25) is 5.91 Å². The summed E-state index contributed by atoms with van der Waals surface area (Å²) in [5.41, 5.74) is 5.79. The monoisotopic (exact) mass is 236 g/mol. The third kappa shape index (κ3) is 2.89. The molecule has 96 valence electrons. The zero-order chi connectivity index (χ0) is 12.3. The Morgan fingerprint density at radius 3 is 2.88 bits per heavy atom. The average Bonchev–Trinajstić information content (AvgIpc) is 2.81. The van der Waals surface area contributed by atoms with E-state index in [0.29, 0.717) is 30.8 Å². The van der Waals surface area contributed by atoms with Crippen molar-refractivity contribution in [1.82, 2.24) is 4.90 Å². The molecule has 0 aromatic carbocycles. The van der Waals surface area contributed by atoms with Gasteiger partial charge in [0.1, 0.15) is 0 Å². The molecule has 0 saturated carbocycles. The summed E-state index contributed by atoms with van der Waals surface area (Å²) in [6, 6.07) is 0.645. The Hall–Kier alpha value is -0.830. The molecular weight excluding hydrogens is 212 g/mol. The van der Waals surface area contributed by atoms with Gasteiger partial charge >= 0.3 is 0 Å². The molecule has 2 rings (SSSR count). The van der Waals surface area contributed by atoms with Gasteiger partial charge in [-0.25, -0.2) is 0 Å². The van der Waals surface area contributed by atoms with Crippen LogP contribution in [0.15, 0.2) is 12.2 Å². The number of carbonyl (C=O) groups excluding carboxylic acids is 1. The van der Waals surface area contributed by atoms with Crippen LogP contribution in [-0.2, 0) is 4.79 Å². The first-order valence-electron chi connectivity index (χ1n) is 6.90. The Kier molecular flexibility index (Phi) is 4.21. The molecular formula is C14H24N2O. The molecule has 0 aromatic rings. The topological polar surface area (TPSA) is 46.3 Å². The van der Waals surface area contributed by atoms with Crippen molar-refractivity contribution >= 4 is 5.91 Å². The fraction of sp³-hybridized carbons (Fsp3) is 0.786. The molecule has 2 aliphatic rings. The number of hydrogen-bond donors (Lipinski definition) is 1. The van der Waals surface area contributed by atoms with Crippen LogP contribution in [0.3, 0.4) is 0 Å². The van der Waals surface area contributed by atoms with Gasteiger partial charge in [0.25, 0.3) is 0 Å². The van der Waals surface area contributed by atoms with Crippen LogP contribution in [0.25, 0.3) is 0 Å². The maximum Gasteiger partial charge on any atom is 0.223 e. The highest BCUT2D eigenvalue weighted by Gasteiger charge is 2.31. The lowest BCUT2D eigenvalue weighted by Gasteiger charge is -2.40. The maximum absolute atomic E-state index is 12.4. The van der Waals surface area contributed by atoms with E-state index in [1.807, 2.05) is 0 Å². The molecule has 0 radical (unpaired) electrons. The second-order valence-corrected chi connectivity index (χ2v) is 5.44. The van der Waals surface area contributed by atoms with Crippen LogP contribution in [0.5, 0.6) is 0 Å². The van der Waals surface area contributed by atoms with E-state index in [2.05, 4.69) is 24.0 Å². The van der Waals surface area contributed by atoms with Crippen molar-refractivity contribution < 1.29 is 4.79 Å². The first-order chi connectivity index (χ1) is 8.22. The summed E-state index contributed by atoms with van der Waals surface area (Å²) in [4.78, 5) is 14.4. The molecule has 3 nitrogen and oxygen atoms in total. The number of rotatable bonds is 3. The normalized spacial score (nSPS) is 33.1. The molecule has 3 atom stereocenters. The Labute approximate surface area is 104 Å². The molecule has 3 unspecified atom stereocenters. The largest absolute Gasteiger partial charge is 0.336 e. The number of hydrogen-bond acceptors (Lipinski definition) is 2. The standard InChI is InChI=1S/C14H24N2O/c1-11-5-4-8-13(10-15)16(11)14(17)9-12-6-2-3-7-12/h2,6,11-13H,3-5,7-10,15H2,1H3. The minimum Gasteiger partial charge on any atom is -0.336 e. The van der Waals surface area contributed by atoms with E-state index < -0.39 is 0 Å². The van der Waals surface area contributed by atoms with Crippen LogP contribution < -0.4 is 5.73 Å². The van der Waals surface area contributed by atoms with Crippen LogP contribution in [0.4, 0.5) is 0 Å². The lowest BCUT2D eigenvalue weighted by Crippen LogP contribution is -2.52. The van der Waals surface area contributed by atoms with Crippen molar-refractivity contribution in [2.75, 3.05) is 6.54 Å². The van der Waals surface area contributed by atoms with E-state index in [1.54, 1.807) is 0 Å². The van der Waals surface area contributed by atoms with Crippen LogP contribution >= 0.6 is 0 Å². The van der Waals surface area contributed by atoms with Crippen molar-refractivity contribution in [3.8, 4) is 0 Å². The van der Waals surface area contributed by atoms with E-state index in [-0.39, 0.29) is 6.04 Å². The fourth-order valence-electron chi connectivity index (χ4n) is 3.16. The molecule has 0 bridgehead atoms. The third-order valence-electron chi connectivity index (χ3n) is 4.14. The van der Waals surface area contributed by atoms with E-state index in [0.717, 1.165) is 25.7 Å². The number of allylic oxidation sites excluding steroid dienone is 2. The van der Waals surface area contributed by atoms with Crippen LogP contribution in [0, 0.1) is 5.92 Å².